The highest BCUT2D eigenvalue weighted by Crippen LogP contribution is 2.66. The van der Waals surface area contributed by atoms with Gasteiger partial charge in [-0.2, -0.15) is 0 Å². The first-order valence-electron chi connectivity index (χ1n) is 11.8. The summed E-state index contributed by atoms with van der Waals surface area (Å²) in [5.41, 5.74) is 0.386. The summed E-state index contributed by atoms with van der Waals surface area (Å²) < 4.78 is 6.50. The number of carbonyl (C=O) groups is 2. The summed E-state index contributed by atoms with van der Waals surface area (Å²) in [5.74, 6) is 2.37. The van der Waals surface area contributed by atoms with Crippen LogP contribution < -0.4 is 5.32 Å². The van der Waals surface area contributed by atoms with E-state index in [1.165, 1.54) is 38.5 Å². The molecule has 4 aliphatic carbocycles. The molecule has 5 rings (SSSR count). The predicted octanol–water partition coefficient (Wildman–Crippen LogP) is 4.26. The van der Waals surface area contributed by atoms with E-state index in [2.05, 4.69) is 19.2 Å². The zero-order chi connectivity index (χ0) is 19.7. The highest BCUT2D eigenvalue weighted by atomic mass is 16.5. The van der Waals surface area contributed by atoms with Crippen LogP contribution in [-0.2, 0) is 14.3 Å². The minimum absolute atomic E-state index is 0.121. The third kappa shape index (κ3) is 2.73. The van der Waals surface area contributed by atoms with Gasteiger partial charge in [0, 0.05) is 24.8 Å². The number of nitrogens with one attached hydrogen (secondary N) is 1. The molecule has 1 aliphatic heterocycles. The molecule has 0 aromatic carbocycles. The van der Waals surface area contributed by atoms with E-state index in [1.54, 1.807) is 0 Å². The lowest BCUT2D eigenvalue weighted by atomic mass is 9.44. The molecule has 4 saturated carbocycles. The summed E-state index contributed by atoms with van der Waals surface area (Å²) in [6.45, 7) is 6.90. The van der Waals surface area contributed by atoms with E-state index in [0.717, 1.165) is 12.8 Å². The fraction of sp³-hybridized carbons (Fsp3) is 0.917. The van der Waals surface area contributed by atoms with Gasteiger partial charge in [-0.3, -0.25) is 9.59 Å². The van der Waals surface area contributed by atoms with Gasteiger partial charge in [-0.15, -0.1) is 0 Å². The summed E-state index contributed by atoms with van der Waals surface area (Å²) in [4.78, 5) is 25.2. The van der Waals surface area contributed by atoms with Crippen LogP contribution >= 0.6 is 0 Å². The molecule has 0 bridgehead atoms. The largest absolute Gasteiger partial charge is 0.374 e. The van der Waals surface area contributed by atoms with Gasteiger partial charge >= 0.3 is 0 Å². The first-order chi connectivity index (χ1) is 13.4. The average Bonchev–Trinajstić information content (AvgIpc) is 3.43. The van der Waals surface area contributed by atoms with E-state index in [1.807, 2.05) is 6.92 Å². The number of ether oxygens (including phenoxy) is 1. The number of amides is 1. The minimum atomic E-state index is 0.121. The average molecular weight is 388 g/mol. The van der Waals surface area contributed by atoms with E-state index in [0.29, 0.717) is 48.6 Å². The van der Waals surface area contributed by atoms with Gasteiger partial charge in [-0.05, 0) is 80.0 Å². The lowest BCUT2D eigenvalue weighted by molar-refractivity contribution is -0.161. The molecule has 5 fully saturated rings. The van der Waals surface area contributed by atoms with Crippen LogP contribution in [0.15, 0.2) is 0 Å². The lowest BCUT2D eigenvalue weighted by Gasteiger charge is -2.62. The lowest BCUT2D eigenvalue weighted by Crippen LogP contribution is -2.64. The molecule has 1 amide bonds. The second-order valence-electron chi connectivity index (χ2n) is 11.0. The van der Waals surface area contributed by atoms with E-state index in [4.69, 9.17) is 4.74 Å². The number of fused-ring (bicyclic) bond motifs is 5. The van der Waals surface area contributed by atoms with Gasteiger partial charge in [0.05, 0.1) is 12.2 Å². The number of ketones is 1. The number of hydrogen-bond donors (Lipinski definition) is 1. The Labute approximate surface area is 169 Å². The van der Waals surface area contributed by atoms with Crippen molar-refractivity contribution < 1.29 is 14.3 Å². The van der Waals surface area contributed by atoms with Gasteiger partial charge < -0.3 is 10.1 Å². The van der Waals surface area contributed by atoms with Gasteiger partial charge in [0.15, 0.2) is 0 Å². The molecule has 1 saturated heterocycles. The quantitative estimate of drug-likeness (QED) is 0.784. The number of Topliss-reactive ketones (excluding diaryl/α,β-unsaturated/α-hetero) is 1. The van der Waals surface area contributed by atoms with E-state index in [-0.39, 0.29) is 28.7 Å². The number of rotatable bonds is 4. The first-order valence-corrected chi connectivity index (χ1v) is 11.8. The molecule has 5 aliphatic rings. The van der Waals surface area contributed by atoms with Crippen LogP contribution in [0.25, 0.3) is 0 Å². The summed E-state index contributed by atoms with van der Waals surface area (Å²) >= 11 is 0. The van der Waals surface area contributed by atoms with Gasteiger partial charge in [-0.1, -0.05) is 20.8 Å². The molecule has 8 atom stereocenters. The number of hydrogen-bond acceptors (Lipinski definition) is 3. The molecule has 28 heavy (non-hydrogen) atoms. The fourth-order valence-corrected chi connectivity index (χ4v) is 7.92. The minimum Gasteiger partial charge on any atom is -0.374 e. The SMILES string of the molecule is CCC(=O)[C@H]1C[C@H]2NC(=O)CC[C@]2(C)[C@H]2CC[C@]3(C)[C@@H](OC4CC4)CC[C@H]3[C@H]12. The van der Waals surface area contributed by atoms with Crippen LogP contribution in [0.1, 0.15) is 85.0 Å². The summed E-state index contributed by atoms with van der Waals surface area (Å²) in [7, 11) is 0. The second-order valence-corrected chi connectivity index (χ2v) is 11.0. The van der Waals surface area contributed by atoms with Crippen LogP contribution in [-0.4, -0.2) is 29.9 Å². The molecule has 1 N–H and O–H groups in total. The molecular weight excluding hydrogens is 350 g/mol. The van der Waals surface area contributed by atoms with Crippen molar-refractivity contribution >= 4 is 11.7 Å². The molecule has 4 heteroatoms. The third-order valence-corrected chi connectivity index (χ3v) is 9.71. The maximum Gasteiger partial charge on any atom is 0.220 e. The smallest absolute Gasteiger partial charge is 0.220 e. The first kappa shape index (κ1) is 19.1. The van der Waals surface area contributed by atoms with Crippen molar-refractivity contribution in [2.75, 3.05) is 0 Å². The van der Waals surface area contributed by atoms with Crippen molar-refractivity contribution in [1.29, 1.82) is 0 Å². The highest BCUT2D eigenvalue weighted by molar-refractivity contribution is 5.82. The zero-order valence-corrected chi connectivity index (χ0v) is 17.8. The predicted molar refractivity (Wildman–Crippen MR) is 108 cm³/mol. The monoisotopic (exact) mass is 387 g/mol. The van der Waals surface area contributed by atoms with Gasteiger partial charge in [0.1, 0.15) is 5.78 Å². The maximum atomic E-state index is 13.1. The van der Waals surface area contributed by atoms with Crippen molar-refractivity contribution in [3.63, 3.8) is 0 Å². The molecular formula is C24H37NO3. The van der Waals surface area contributed by atoms with Gasteiger partial charge in [-0.25, -0.2) is 0 Å². The van der Waals surface area contributed by atoms with Crippen molar-refractivity contribution in [2.24, 2.45) is 34.5 Å². The van der Waals surface area contributed by atoms with Crippen molar-refractivity contribution in [2.45, 2.75) is 103 Å². The Bertz CT molecular complexity index is 673. The van der Waals surface area contributed by atoms with Crippen LogP contribution in [0.5, 0.6) is 0 Å². The van der Waals surface area contributed by atoms with Crippen molar-refractivity contribution in [1.82, 2.24) is 5.32 Å². The molecule has 0 aromatic rings. The van der Waals surface area contributed by atoms with Gasteiger partial charge in [0.25, 0.3) is 0 Å². The Morgan fingerprint density at radius 3 is 2.54 bits per heavy atom. The molecule has 0 spiro atoms. The summed E-state index contributed by atoms with van der Waals surface area (Å²) in [6, 6.07) is 0.180. The zero-order valence-electron chi connectivity index (χ0n) is 17.8. The Morgan fingerprint density at radius 2 is 1.82 bits per heavy atom. The molecule has 156 valence electrons. The van der Waals surface area contributed by atoms with E-state index in [9.17, 15) is 9.59 Å². The number of piperidine rings is 1. The summed E-state index contributed by atoms with van der Waals surface area (Å²) in [6.07, 6.45) is 11.3. The van der Waals surface area contributed by atoms with E-state index >= 15 is 0 Å². The summed E-state index contributed by atoms with van der Waals surface area (Å²) in [5, 5.41) is 3.30. The Hall–Kier alpha value is -0.900. The Balaban J connectivity index is 1.49. The maximum absolute atomic E-state index is 13.1. The Kier molecular flexibility index (Phi) is 4.47. The van der Waals surface area contributed by atoms with Crippen LogP contribution in [0.4, 0.5) is 0 Å². The van der Waals surface area contributed by atoms with Crippen LogP contribution in [0, 0.1) is 34.5 Å². The standard InChI is InChI=1S/C24H37NO3/c1-4-18(26)15-13-19-23(2,12-10-21(27)25-19)17-9-11-24(3)16(22(15)17)7-8-20(24)28-14-5-6-14/h14-17,19-20,22H,4-13H2,1-3H3,(H,25,27)/t15-,16+,17+,19-,20+,22+,23-,24+/m1/s1. The highest BCUT2D eigenvalue weighted by Gasteiger charge is 2.64. The molecule has 0 unspecified atom stereocenters. The normalized spacial score (nSPS) is 50.3. The van der Waals surface area contributed by atoms with Crippen molar-refractivity contribution in [3.05, 3.63) is 0 Å². The van der Waals surface area contributed by atoms with Gasteiger partial charge in [0.2, 0.25) is 5.91 Å². The topological polar surface area (TPSA) is 55.4 Å². The van der Waals surface area contributed by atoms with E-state index < -0.39 is 0 Å². The third-order valence-electron chi connectivity index (χ3n) is 9.71. The van der Waals surface area contributed by atoms with Crippen LogP contribution in [0.3, 0.4) is 0 Å². The second kappa shape index (κ2) is 6.55. The Morgan fingerprint density at radius 1 is 1.07 bits per heavy atom. The fourth-order valence-electron chi connectivity index (χ4n) is 7.92. The molecule has 4 nitrogen and oxygen atoms in total. The molecule has 1 heterocycles. The number of carbonyl (C=O) groups excluding carboxylic acids is 2. The molecule has 0 radical (unpaired) electrons. The molecule has 0 aromatic heterocycles. The van der Waals surface area contributed by atoms with Crippen LogP contribution in [0.2, 0.25) is 0 Å². The van der Waals surface area contributed by atoms with Crippen molar-refractivity contribution in [3.8, 4) is 0 Å².